The zero-order valence-electron chi connectivity index (χ0n) is 13.9. The largest absolute Gasteiger partial charge is 0.402 e. The van der Waals surface area contributed by atoms with Crippen LogP contribution in [-0.4, -0.2) is 21.5 Å². The number of rotatable bonds is 5. The van der Waals surface area contributed by atoms with E-state index in [-0.39, 0.29) is 11.7 Å². The van der Waals surface area contributed by atoms with Crippen molar-refractivity contribution < 1.29 is 4.79 Å². The average Bonchev–Trinajstić information content (AvgIpc) is 3.31. The zero-order valence-corrected chi connectivity index (χ0v) is 14.6. The van der Waals surface area contributed by atoms with E-state index in [4.69, 9.17) is 23.1 Å². The predicted molar refractivity (Wildman–Crippen MR) is 98.6 cm³/mol. The number of aliphatic imine (C=N–C) groups is 1. The van der Waals surface area contributed by atoms with E-state index in [1.54, 1.807) is 42.2 Å². The van der Waals surface area contributed by atoms with Crippen molar-refractivity contribution >= 4 is 23.3 Å². The fraction of sp³-hybridized carbons (Fsp3) is 0.278. The lowest BCUT2D eigenvalue weighted by Gasteiger charge is -2.05. The van der Waals surface area contributed by atoms with Crippen molar-refractivity contribution in [1.82, 2.24) is 9.78 Å². The minimum absolute atomic E-state index is 0.142. The van der Waals surface area contributed by atoms with Crippen LogP contribution in [0.15, 0.2) is 53.4 Å². The normalized spacial score (nSPS) is 16.7. The number of carbonyl (C=O) groups excluding carboxylic acids is 1. The standard InChI is InChI=1S/C18H20ClN5O/c1-11(18(25)23-17(21)8-16(20)12-5-6-12)13-9-22-24(10-13)15-4-2-3-14(19)7-15/h2-4,7-12H,5-6,20H2,1H3,(H2,21,23,25)/b16-8-. The summed E-state index contributed by atoms with van der Waals surface area (Å²) in [5.74, 6) is -0.259. The number of amidine groups is 1. The second-order valence-electron chi connectivity index (χ2n) is 6.21. The summed E-state index contributed by atoms with van der Waals surface area (Å²) in [6.45, 7) is 1.77. The molecule has 1 aliphatic carbocycles. The number of halogens is 1. The van der Waals surface area contributed by atoms with Crippen molar-refractivity contribution in [2.45, 2.75) is 25.7 Å². The minimum atomic E-state index is -0.456. The monoisotopic (exact) mass is 357 g/mol. The Balaban J connectivity index is 1.73. The van der Waals surface area contributed by atoms with Gasteiger partial charge in [0.2, 0.25) is 0 Å². The summed E-state index contributed by atoms with van der Waals surface area (Å²) >= 11 is 6.00. The van der Waals surface area contributed by atoms with E-state index in [1.807, 2.05) is 12.1 Å². The molecule has 0 radical (unpaired) electrons. The van der Waals surface area contributed by atoms with Crippen LogP contribution in [0.3, 0.4) is 0 Å². The number of benzene rings is 1. The van der Waals surface area contributed by atoms with Crippen molar-refractivity contribution in [2.24, 2.45) is 22.4 Å². The van der Waals surface area contributed by atoms with E-state index in [2.05, 4.69) is 10.1 Å². The first-order chi connectivity index (χ1) is 11.9. The lowest BCUT2D eigenvalue weighted by atomic mass is 10.1. The predicted octanol–water partition coefficient (Wildman–Crippen LogP) is 2.77. The highest BCUT2D eigenvalue weighted by Crippen LogP contribution is 2.33. The molecule has 1 atom stereocenters. The van der Waals surface area contributed by atoms with Crippen LogP contribution in [-0.2, 0) is 4.79 Å². The van der Waals surface area contributed by atoms with Crippen LogP contribution in [0.2, 0.25) is 5.02 Å². The Morgan fingerprint density at radius 3 is 2.88 bits per heavy atom. The van der Waals surface area contributed by atoms with Crippen molar-refractivity contribution in [2.75, 3.05) is 0 Å². The smallest absolute Gasteiger partial charge is 0.254 e. The summed E-state index contributed by atoms with van der Waals surface area (Å²) < 4.78 is 1.67. The maximum atomic E-state index is 12.3. The molecule has 1 aliphatic rings. The Hall–Kier alpha value is -2.60. The van der Waals surface area contributed by atoms with Crippen molar-refractivity contribution in [3.05, 3.63) is 59.0 Å². The second kappa shape index (κ2) is 7.11. The van der Waals surface area contributed by atoms with E-state index < -0.39 is 5.92 Å². The lowest BCUT2D eigenvalue weighted by Crippen LogP contribution is -2.17. The Morgan fingerprint density at radius 2 is 2.20 bits per heavy atom. The van der Waals surface area contributed by atoms with Crippen LogP contribution in [0.4, 0.5) is 0 Å². The molecule has 1 saturated carbocycles. The van der Waals surface area contributed by atoms with Gasteiger partial charge in [-0.15, -0.1) is 0 Å². The third kappa shape index (κ3) is 4.28. The fourth-order valence-corrected chi connectivity index (χ4v) is 2.61. The van der Waals surface area contributed by atoms with Gasteiger partial charge in [0, 0.05) is 22.5 Å². The quantitative estimate of drug-likeness (QED) is 0.634. The number of carbonyl (C=O) groups is 1. The Labute approximate surface area is 151 Å². The average molecular weight is 358 g/mol. The summed E-state index contributed by atoms with van der Waals surface area (Å²) in [4.78, 5) is 16.3. The molecule has 1 aromatic heterocycles. The fourth-order valence-electron chi connectivity index (χ4n) is 2.42. The first-order valence-corrected chi connectivity index (χ1v) is 8.47. The molecule has 1 heterocycles. The molecule has 1 aromatic carbocycles. The maximum absolute atomic E-state index is 12.3. The summed E-state index contributed by atoms with van der Waals surface area (Å²) in [7, 11) is 0. The van der Waals surface area contributed by atoms with Crippen LogP contribution in [0.1, 0.15) is 31.2 Å². The molecule has 1 unspecified atom stereocenters. The summed E-state index contributed by atoms with van der Waals surface area (Å²) in [6.07, 6.45) is 7.15. The van der Waals surface area contributed by atoms with Crippen molar-refractivity contribution in [3.63, 3.8) is 0 Å². The number of nitrogens with zero attached hydrogens (tertiary/aromatic N) is 3. The third-order valence-electron chi connectivity index (χ3n) is 4.15. The first-order valence-electron chi connectivity index (χ1n) is 8.09. The van der Waals surface area contributed by atoms with Gasteiger partial charge < -0.3 is 11.5 Å². The molecule has 130 valence electrons. The van der Waals surface area contributed by atoms with Gasteiger partial charge in [-0.3, -0.25) is 4.79 Å². The number of nitrogens with two attached hydrogens (primary N) is 2. The van der Waals surface area contributed by atoms with Crippen molar-refractivity contribution in [1.29, 1.82) is 0 Å². The van der Waals surface area contributed by atoms with Gasteiger partial charge in [-0.25, -0.2) is 4.68 Å². The molecule has 4 N–H and O–H groups in total. The minimum Gasteiger partial charge on any atom is -0.402 e. The molecular weight excluding hydrogens is 338 g/mol. The Bertz CT molecular complexity index is 851. The van der Waals surface area contributed by atoms with E-state index in [0.717, 1.165) is 24.1 Å². The van der Waals surface area contributed by atoms with Crippen LogP contribution in [0.5, 0.6) is 0 Å². The molecule has 0 spiro atoms. The molecule has 1 amide bonds. The molecule has 2 aromatic rings. The Morgan fingerprint density at radius 1 is 1.44 bits per heavy atom. The summed E-state index contributed by atoms with van der Waals surface area (Å²) in [6, 6.07) is 7.32. The van der Waals surface area contributed by atoms with Gasteiger partial charge in [-0.05, 0) is 50.0 Å². The highest BCUT2D eigenvalue weighted by Gasteiger charge is 2.24. The van der Waals surface area contributed by atoms with Crippen LogP contribution >= 0.6 is 11.6 Å². The van der Waals surface area contributed by atoms with Crippen LogP contribution in [0, 0.1) is 5.92 Å². The summed E-state index contributed by atoms with van der Waals surface area (Å²) in [5.41, 5.74) is 14.0. The van der Waals surface area contributed by atoms with Crippen LogP contribution in [0.25, 0.3) is 5.69 Å². The van der Waals surface area contributed by atoms with E-state index in [0.29, 0.717) is 16.6 Å². The molecule has 1 fully saturated rings. The molecular formula is C18H20ClN5O. The highest BCUT2D eigenvalue weighted by molar-refractivity contribution is 6.30. The number of hydrogen-bond acceptors (Lipinski definition) is 3. The van der Waals surface area contributed by atoms with E-state index in [9.17, 15) is 4.79 Å². The van der Waals surface area contributed by atoms with E-state index >= 15 is 0 Å². The van der Waals surface area contributed by atoms with Gasteiger partial charge in [0.1, 0.15) is 5.84 Å². The van der Waals surface area contributed by atoms with Gasteiger partial charge in [-0.1, -0.05) is 17.7 Å². The highest BCUT2D eigenvalue weighted by atomic mass is 35.5. The van der Waals surface area contributed by atoms with Gasteiger partial charge in [0.15, 0.2) is 0 Å². The number of amides is 1. The van der Waals surface area contributed by atoms with E-state index in [1.165, 1.54) is 0 Å². The Kier molecular flexibility index (Phi) is 4.90. The lowest BCUT2D eigenvalue weighted by molar-refractivity contribution is -0.118. The molecule has 0 bridgehead atoms. The first kappa shape index (κ1) is 17.2. The molecule has 6 nitrogen and oxygen atoms in total. The maximum Gasteiger partial charge on any atom is 0.254 e. The molecule has 3 rings (SSSR count). The molecule has 7 heteroatoms. The number of aromatic nitrogens is 2. The number of hydrogen-bond donors (Lipinski definition) is 2. The molecule has 0 saturated heterocycles. The second-order valence-corrected chi connectivity index (χ2v) is 6.65. The number of allylic oxidation sites excluding steroid dienone is 1. The van der Waals surface area contributed by atoms with Crippen LogP contribution < -0.4 is 11.5 Å². The van der Waals surface area contributed by atoms with Gasteiger partial charge in [-0.2, -0.15) is 10.1 Å². The third-order valence-corrected chi connectivity index (χ3v) is 4.38. The van der Waals surface area contributed by atoms with Gasteiger partial charge in [0.05, 0.1) is 17.8 Å². The van der Waals surface area contributed by atoms with Crippen molar-refractivity contribution in [3.8, 4) is 5.69 Å². The molecule has 0 aliphatic heterocycles. The summed E-state index contributed by atoms with van der Waals surface area (Å²) in [5, 5.41) is 4.91. The zero-order chi connectivity index (χ0) is 18.0. The molecule has 25 heavy (non-hydrogen) atoms. The SMILES string of the molecule is CC(C(=O)N=C(N)/C=C(\N)C1CC1)c1cnn(-c2cccc(Cl)c2)c1. The van der Waals surface area contributed by atoms with Gasteiger partial charge >= 0.3 is 0 Å². The topological polar surface area (TPSA) is 99.3 Å². The van der Waals surface area contributed by atoms with Gasteiger partial charge in [0.25, 0.3) is 5.91 Å².